The van der Waals surface area contributed by atoms with Gasteiger partial charge in [-0.15, -0.1) is 0 Å². The third kappa shape index (κ3) is 5.22. The summed E-state index contributed by atoms with van der Waals surface area (Å²) in [6.45, 7) is 4.48. The summed E-state index contributed by atoms with van der Waals surface area (Å²) in [7, 11) is 1.87. The highest BCUT2D eigenvalue weighted by molar-refractivity contribution is 6.03. The van der Waals surface area contributed by atoms with Crippen molar-refractivity contribution in [2.75, 3.05) is 11.9 Å². The summed E-state index contributed by atoms with van der Waals surface area (Å²) in [6, 6.07) is 5.71. The van der Waals surface area contributed by atoms with E-state index in [2.05, 4.69) is 15.7 Å². The van der Waals surface area contributed by atoms with Crippen molar-refractivity contribution in [1.29, 1.82) is 0 Å². The highest BCUT2D eigenvalue weighted by atomic mass is 16.2. The van der Waals surface area contributed by atoms with Gasteiger partial charge in [0.15, 0.2) is 0 Å². The number of hydrogen-bond donors (Lipinski definition) is 2. The minimum absolute atomic E-state index is 0.166. The van der Waals surface area contributed by atoms with Gasteiger partial charge in [0.1, 0.15) is 6.42 Å². The summed E-state index contributed by atoms with van der Waals surface area (Å²) >= 11 is 0. The SMILES string of the molecule is Cc1cccc(NC(=O)CC(=O)NCCCc2cnn(C)c2)c1C. The van der Waals surface area contributed by atoms with Crippen molar-refractivity contribution >= 4 is 17.5 Å². The number of nitrogens with one attached hydrogen (secondary N) is 2. The Morgan fingerprint density at radius 2 is 2.00 bits per heavy atom. The van der Waals surface area contributed by atoms with Gasteiger partial charge in [0.25, 0.3) is 0 Å². The predicted octanol–water partition coefficient (Wildman–Crippen LogP) is 2.11. The van der Waals surface area contributed by atoms with Crippen LogP contribution in [-0.2, 0) is 23.1 Å². The number of aryl methyl sites for hydroxylation is 3. The molecule has 2 N–H and O–H groups in total. The van der Waals surface area contributed by atoms with Crippen molar-refractivity contribution in [2.24, 2.45) is 7.05 Å². The zero-order valence-electron chi connectivity index (χ0n) is 14.4. The largest absolute Gasteiger partial charge is 0.356 e. The molecule has 0 saturated heterocycles. The van der Waals surface area contributed by atoms with Crippen LogP contribution in [0.1, 0.15) is 29.5 Å². The van der Waals surface area contributed by atoms with Crippen LogP contribution in [0.4, 0.5) is 5.69 Å². The number of benzene rings is 1. The van der Waals surface area contributed by atoms with Crippen LogP contribution >= 0.6 is 0 Å². The summed E-state index contributed by atoms with van der Waals surface area (Å²) in [5, 5.41) is 9.66. The number of rotatable bonds is 7. The standard InChI is InChI=1S/C18H24N4O2/c1-13-6-4-8-16(14(13)2)21-18(24)10-17(23)19-9-5-7-15-11-20-22(3)12-15/h4,6,8,11-12H,5,7,9-10H2,1-3H3,(H,19,23)(H,21,24). The second kappa shape index (κ2) is 8.29. The number of nitrogens with zero attached hydrogens (tertiary/aromatic N) is 2. The van der Waals surface area contributed by atoms with E-state index in [9.17, 15) is 9.59 Å². The van der Waals surface area contributed by atoms with Gasteiger partial charge in [0, 0.05) is 25.5 Å². The van der Waals surface area contributed by atoms with E-state index in [-0.39, 0.29) is 18.2 Å². The molecule has 0 fully saturated rings. The monoisotopic (exact) mass is 328 g/mol. The summed E-state index contributed by atoms with van der Waals surface area (Å²) in [6.07, 6.45) is 5.28. The van der Waals surface area contributed by atoms with Crippen LogP contribution in [0.15, 0.2) is 30.6 Å². The molecule has 0 aliphatic heterocycles. The number of amides is 2. The Morgan fingerprint density at radius 1 is 1.21 bits per heavy atom. The zero-order chi connectivity index (χ0) is 17.5. The number of anilines is 1. The molecule has 0 spiro atoms. The van der Waals surface area contributed by atoms with E-state index in [4.69, 9.17) is 0 Å². The second-order valence-corrected chi connectivity index (χ2v) is 5.95. The molecule has 1 aromatic heterocycles. The average Bonchev–Trinajstić information content (AvgIpc) is 2.94. The fourth-order valence-electron chi connectivity index (χ4n) is 2.41. The first-order valence-electron chi connectivity index (χ1n) is 8.06. The Labute approximate surface area is 142 Å². The summed E-state index contributed by atoms with van der Waals surface area (Å²) in [4.78, 5) is 23.8. The first-order chi connectivity index (χ1) is 11.5. The lowest BCUT2D eigenvalue weighted by atomic mass is 10.1. The van der Waals surface area contributed by atoms with Crippen LogP contribution in [0.5, 0.6) is 0 Å². The van der Waals surface area contributed by atoms with Gasteiger partial charge in [-0.3, -0.25) is 14.3 Å². The van der Waals surface area contributed by atoms with Crippen molar-refractivity contribution in [3.8, 4) is 0 Å². The topological polar surface area (TPSA) is 76.0 Å². The lowest BCUT2D eigenvalue weighted by Crippen LogP contribution is -2.29. The molecule has 0 atom stereocenters. The highest BCUT2D eigenvalue weighted by Crippen LogP contribution is 2.17. The quantitative estimate of drug-likeness (QED) is 0.604. The maximum atomic E-state index is 12.0. The van der Waals surface area contributed by atoms with Crippen molar-refractivity contribution < 1.29 is 9.59 Å². The maximum absolute atomic E-state index is 12.0. The van der Waals surface area contributed by atoms with Gasteiger partial charge in [-0.25, -0.2) is 0 Å². The predicted molar refractivity (Wildman–Crippen MR) is 93.7 cm³/mol. The maximum Gasteiger partial charge on any atom is 0.233 e. The molecule has 2 amide bonds. The van der Waals surface area contributed by atoms with Gasteiger partial charge < -0.3 is 10.6 Å². The highest BCUT2D eigenvalue weighted by Gasteiger charge is 2.11. The summed E-state index contributed by atoms with van der Waals surface area (Å²) in [5.41, 5.74) is 4.01. The zero-order valence-corrected chi connectivity index (χ0v) is 14.4. The molecular weight excluding hydrogens is 304 g/mol. The van der Waals surface area contributed by atoms with Gasteiger partial charge in [-0.1, -0.05) is 12.1 Å². The number of hydrogen-bond acceptors (Lipinski definition) is 3. The van der Waals surface area contributed by atoms with Gasteiger partial charge in [-0.05, 0) is 49.4 Å². The lowest BCUT2D eigenvalue weighted by molar-refractivity contribution is -0.126. The fraction of sp³-hybridized carbons (Fsp3) is 0.389. The number of carbonyl (C=O) groups is 2. The lowest BCUT2D eigenvalue weighted by Gasteiger charge is -2.10. The van der Waals surface area contributed by atoms with E-state index in [1.54, 1.807) is 4.68 Å². The Balaban J connectivity index is 1.69. The molecule has 1 heterocycles. The van der Waals surface area contributed by atoms with Crippen LogP contribution in [0.25, 0.3) is 0 Å². The first kappa shape index (κ1) is 17.7. The molecular formula is C18H24N4O2. The van der Waals surface area contributed by atoms with Crippen molar-refractivity contribution in [1.82, 2.24) is 15.1 Å². The Kier molecular flexibility index (Phi) is 6.12. The van der Waals surface area contributed by atoms with E-state index >= 15 is 0 Å². The molecule has 0 radical (unpaired) electrons. The minimum Gasteiger partial charge on any atom is -0.356 e. The van der Waals surface area contributed by atoms with Gasteiger partial charge >= 0.3 is 0 Å². The van der Waals surface area contributed by atoms with E-state index < -0.39 is 0 Å². The van der Waals surface area contributed by atoms with Crippen LogP contribution in [0, 0.1) is 13.8 Å². The van der Waals surface area contributed by atoms with Gasteiger partial charge in [0.05, 0.1) is 6.20 Å². The molecule has 1 aromatic carbocycles. The Bertz CT molecular complexity index is 722. The molecule has 0 aliphatic carbocycles. The van der Waals surface area contributed by atoms with Crippen LogP contribution in [-0.4, -0.2) is 28.1 Å². The molecule has 0 saturated carbocycles. The minimum atomic E-state index is -0.298. The summed E-state index contributed by atoms with van der Waals surface area (Å²) in [5.74, 6) is -0.558. The third-order valence-corrected chi connectivity index (χ3v) is 3.92. The molecule has 0 unspecified atom stereocenters. The van der Waals surface area contributed by atoms with Crippen molar-refractivity contribution in [2.45, 2.75) is 33.1 Å². The number of aromatic nitrogens is 2. The number of carbonyl (C=O) groups excluding carboxylic acids is 2. The van der Waals surface area contributed by atoms with Crippen LogP contribution < -0.4 is 10.6 Å². The van der Waals surface area contributed by atoms with E-state index in [0.29, 0.717) is 6.54 Å². The molecule has 2 rings (SSSR count). The van der Waals surface area contributed by atoms with Crippen LogP contribution in [0.3, 0.4) is 0 Å². The van der Waals surface area contributed by atoms with E-state index in [0.717, 1.165) is 35.2 Å². The Morgan fingerprint density at radius 3 is 2.71 bits per heavy atom. The molecule has 0 aliphatic rings. The third-order valence-electron chi connectivity index (χ3n) is 3.92. The average molecular weight is 328 g/mol. The van der Waals surface area contributed by atoms with Crippen molar-refractivity contribution in [3.63, 3.8) is 0 Å². The van der Waals surface area contributed by atoms with E-state index in [1.807, 2.05) is 51.5 Å². The van der Waals surface area contributed by atoms with Crippen LogP contribution in [0.2, 0.25) is 0 Å². The fourth-order valence-corrected chi connectivity index (χ4v) is 2.41. The van der Waals surface area contributed by atoms with Gasteiger partial charge in [0.2, 0.25) is 11.8 Å². The normalized spacial score (nSPS) is 10.5. The van der Waals surface area contributed by atoms with Crippen molar-refractivity contribution in [3.05, 3.63) is 47.3 Å². The molecule has 2 aromatic rings. The second-order valence-electron chi connectivity index (χ2n) is 5.95. The van der Waals surface area contributed by atoms with Gasteiger partial charge in [-0.2, -0.15) is 5.10 Å². The summed E-state index contributed by atoms with van der Waals surface area (Å²) < 4.78 is 1.76. The molecule has 6 nitrogen and oxygen atoms in total. The first-order valence-corrected chi connectivity index (χ1v) is 8.06. The molecule has 128 valence electrons. The Hall–Kier alpha value is -2.63. The molecule has 24 heavy (non-hydrogen) atoms. The molecule has 0 bridgehead atoms. The molecule has 6 heteroatoms. The smallest absolute Gasteiger partial charge is 0.233 e. The van der Waals surface area contributed by atoms with E-state index in [1.165, 1.54) is 0 Å².